The summed E-state index contributed by atoms with van der Waals surface area (Å²) in [5.74, 6) is 6.43. The van der Waals surface area contributed by atoms with Gasteiger partial charge in [0.2, 0.25) is 0 Å². The van der Waals surface area contributed by atoms with Crippen LogP contribution in [0.25, 0.3) is 0 Å². The number of rotatable bonds is 1. The Bertz CT molecular complexity index is 352. The fraction of sp³-hybridized carbons (Fsp3) is 0.200. The Hall–Kier alpha value is -1.62. The first kappa shape index (κ1) is 7.05. The highest BCUT2D eigenvalue weighted by atomic mass is 16.3. The molecule has 12 heavy (non-hydrogen) atoms. The molecule has 2 aliphatic rings. The van der Waals surface area contributed by atoms with Crippen LogP contribution in [0.2, 0.25) is 0 Å². The molecule has 0 aromatic carbocycles. The van der Waals surface area contributed by atoms with Crippen LogP contribution in [0.15, 0.2) is 41.3 Å². The lowest BCUT2D eigenvalue weighted by Crippen LogP contribution is -2.11. The summed E-state index contributed by atoms with van der Waals surface area (Å²) < 4.78 is 0. The van der Waals surface area contributed by atoms with Crippen LogP contribution >= 0.6 is 0 Å². The number of hydrogen-bond donors (Lipinski definition) is 0. The van der Waals surface area contributed by atoms with E-state index in [0.717, 1.165) is 0 Å². The predicted octanol–water partition coefficient (Wildman–Crippen LogP) is 2.01. The van der Waals surface area contributed by atoms with Gasteiger partial charge in [-0.25, -0.2) is 0 Å². The first-order valence-electron chi connectivity index (χ1n) is 3.81. The van der Waals surface area contributed by atoms with Crippen LogP contribution in [0.3, 0.4) is 0 Å². The van der Waals surface area contributed by atoms with Gasteiger partial charge in [-0.3, -0.25) is 0 Å². The lowest BCUT2D eigenvalue weighted by Gasteiger charge is -2.18. The van der Waals surface area contributed by atoms with Crippen molar-refractivity contribution in [2.24, 2.45) is 17.0 Å². The van der Waals surface area contributed by atoms with Gasteiger partial charge >= 0.3 is 0 Å². The third-order valence-corrected chi connectivity index (χ3v) is 2.01. The molecule has 0 aliphatic heterocycles. The van der Waals surface area contributed by atoms with Crippen molar-refractivity contribution in [3.8, 4) is 11.8 Å². The Morgan fingerprint density at radius 3 is 3.17 bits per heavy atom. The van der Waals surface area contributed by atoms with Gasteiger partial charge in [-0.1, -0.05) is 24.0 Å². The molecule has 2 atom stereocenters. The van der Waals surface area contributed by atoms with Gasteiger partial charge in [0.1, 0.15) is 5.70 Å². The third kappa shape index (κ3) is 1.10. The fourth-order valence-corrected chi connectivity index (χ4v) is 1.37. The summed E-state index contributed by atoms with van der Waals surface area (Å²) >= 11 is 0. The van der Waals surface area contributed by atoms with Crippen LogP contribution in [-0.2, 0) is 0 Å². The zero-order valence-corrected chi connectivity index (χ0v) is 6.40. The minimum absolute atomic E-state index is 0.237. The molecule has 0 radical (unpaired) electrons. The number of allylic oxidation sites excluding steroid dienone is 5. The van der Waals surface area contributed by atoms with Gasteiger partial charge in [0.15, 0.2) is 0 Å². The fourth-order valence-electron chi connectivity index (χ4n) is 1.37. The maximum absolute atomic E-state index is 10.2. The number of fused-ring (bicyclic) bond motifs is 1. The van der Waals surface area contributed by atoms with Crippen molar-refractivity contribution >= 4 is 0 Å². The van der Waals surface area contributed by atoms with Gasteiger partial charge < -0.3 is 0 Å². The molecule has 0 fully saturated rings. The van der Waals surface area contributed by atoms with Crippen LogP contribution in [0.4, 0.5) is 0 Å². The Morgan fingerprint density at radius 1 is 1.42 bits per heavy atom. The Morgan fingerprint density at radius 2 is 2.33 bits per heavy atom. The summed E-state index contributed by atoms with van der Waals surface area (Å²) in [6, 6.07) is 0. The van der Waals surface area contributed by atoms with E-state index in [1.165, 1.54) is 0 Å². The van der Waals surface area contributed by atoms with Crippen LogP contribution in [0.1, 0.15) is 0 Å². The zero-order valence-electron chi connectivity index (χ0n) is 6.40. The van der Waals surface area contributed by atoms with E-state index in [1.807, 2.05) is 24.3 Å². The molecule has 0 amide bonds. The predicted molar refractivity (Wildman–Crippen MR) is 46.9 cm³/mol. The van der Waals surface area contributed by atoms with E-state index in [2.05, 4.69) is 17.0 Å². The highest BCUT2D eigenvalue weighted by molar-refractivity contribution is 5.37. The summed E-state index contributed by atoms with van der Waals surface area (Å²) in [6.45, 7) is 0. The molecule has 2 heteroatoms. The number of nitrogens with zero attached hydrogens (tertiary/aromatic N) is 1. The smallest absolute Gasteiger partial charge is 0.104 e. The average molecular weight is 157 g/mol. The van der Waals surface area contributed by atoms with Gasteiger partial charge in [-0.15, -0.1) is 4.91 Å². The standard InChI is InChI=1S/C10H7NO/c12-11-10-6-5-8-3-1-2-4-9(8)7-10/h2,4-9H. The molecule has 0 aromatic heterocycles. The summed E-state index contributed by atoms with van der Waals surface area (Å²) in [6.07, 6.45) is 9.32. The summed E-state index contributed by atoms with van der Waals surface area (Å²) in [5, 5.41) is 2.88. The van der Waals surface area contributed by atoms with Crippen molar-refractivity contribution in [2.75, 3.05) is 0 Å². The molecule has 0 heterocycles. The van der Waals surface area contributed by atoms with E-state index in [1.54, 1.807) is 6.08 Å². The molecule has 2 nitrogen and oxygen atoms in total. The summed E-state index contributed by atoms with van der Waals surface area (Å²) in [5.41, 5.74) is 0.504. The van der Waals surface area contributed by atoms with E-state index in [4.69, 9.17) is 0 Å². The highest BCUT2D eigenvalue weighted by Gasteiger charge is 2.18. The number of hydrogen-bond acceptors (Lipinski definition) is 2. The van der Waals surface area contributed by atoms with Crippen LogP contribution in [0, 0.1) is 28.6 Å². The SMILES string of the molecule is O=NC1=CC2C=CC#CC2C=C1. The van der Waals surface area contributed by atoms with Crippen LogP contribution in [-0.4, -0.2) is 0 Å². The molecule has 0 saturated carbocycles. The molecular formula is C10H7NO. The minimum Gasteiger partial charge on any atom is -0.145 e. The molecule has 58 valence electrons. The van der Waals surface area contributed by atoms with Crippen molar-refractivity contribution in [3.63, 3.8) is 0 Å². The lowest BCUT2D eigenvalue weighted by atomic mass is 9.86. The minimum atomic E-state index is 0.237. The maximum Gasteiger partial charge on any atom is 0.104 e. The zero-order chi connectivity index (χ0) is 8.39. The third-order valence-electron chi connectivity index (χ3n) is 2.01. The molecule has 2 aliphatic carbocycles. The van der Waals surface area contributed by atoms with E-state index in [0.29, 0.717) is 5.70 Å². The quantitative estimate of drug-likeness (QED) is 0.423. The Labute approximate surface area is 70.6 Å². The lowest BCUT2D eigenvalue weighted by molar-refractivity contribution is 0.677. The van der Waals surface area contributed by atoms with Gasteiger partial charge in [-0.05, 0) is 23.4 Å². The summed E-state index contributed by atoms with van der Waals surface area (Å²) in [4.78, 5) is 10.2. The van der Waals surface area contributed by atoms with Crippen LogP contribution in [0.5, 0.6) is 0 Å². The molecule has 0 saturated heterocycles. The number of nitroso groups, excluding NO2 is 1. The van der Waals surface area contributed by atoms with E-state index < -0.39 is 0 Å². The topological polar surface area (TPSA) is 29.4 Å². The van der Waals surface area contributed by atoms with Crippen molar-refractivity contribution in [1.82, 2.24) is 0 Å². The molecular weight excluding hydrogens is 150 g/mol. The Balaban J connectivity index is 2.31. The van der Waals surface area contributed by atoms with Gasteiger partial charge in [0.25, 0.3) is 0 Å². The second kappa shape index (κ2) is 2.78. The van der Waals surface area contributed by atoms with Crippen molar-refractivity contribution in [1.29, 1.82) is 0 Å². The summed E-state index contributed by atoms with van der Waals surface area (Å²) in [7, 11) is 0. The molecule has 2 rings (SSSR count). The second-order valence-corrected chi connectivity index (χ2v) is 2.79. The molecule has 0 N–H and O–H groups in total. The highest BCUT2D eigenvalue weighted by Crippen LogP contribution is 2.25. The van der Waals surface area contributed by atoms with Crippen molar-refractivity contribution in [3.05, 3.63) is 41.0 Å². The first-order valence-corrected chi connectivity index (χ1v) is 3.81. The van der Waals surface area contributed by atoms with E-state index >= 15 is 0 Å². The first-order chi connectivity index (χ1) is 5.90. The molecule has 0 bridgehead atoms. The van der Waals surface area contributed by atoms with E-state index in [-0.39, 0.29) is 11.8 Å². The van der Waals surface area contributed by atoms with Crippen molar-refractivity contribution < 1.29 is 0 Å². The monoisotopic (exact) mass is 157 g/mol. The average Bonchev–Trinajstić information content (AvgIpc) is 2.17. The second-order valence-electron chi connectivity index (χ2n) is 2.79. The van der Waals surface area contributed by atoms with Gasteiger partial charge in [-0.2, -0.15) is 0 Å². The maximum atomic E-state index is 10.2. The van der Waals surface area contributed by atoms with Gasteiger partial charge in [0, 0.05) is 11.8 Å². The Kier molecular flexibility index (Phi) is 1.64. The molecule has 0 spiro atoms. The largest absolute Gasteiger partial charge is 0.145 e. The van der Waals surface area contributed by atoms with Crippen molar-refractivity contribution in [2.45, 2.75) is 0 Å². The molecule has 0 aromatic rings. The molecule has 2 unspecified atom stereocenters. The van der Waals surface area contributed by atoms with Crippen LogP contribution < -0.4 is 0 Å². The van der Waals surface area contributed by atoms with Gasteiger partial charge in [0.05, 0.1) is 0 Å². The normalized spacial score (nSPS) is 29.8. The van der Waals surface area contributed by atoms with E-state index in [9.17, 15) is 4.91 Å².